The van der Waals surface area contributed by atoms with E-state index in [2.05, 4.69) is 20.8 Å². The van der Waals surface area contributed by atoms with E-state index in [1.54, 1.807) is 6.92 Å². The number of alkyl halides is 1. The van der Waals surface area contributed by atoms with Gasteiger partial charge in [0.25, 0.3) is 0 Å². The first-order valence-corrected chi connectivity index (χ1v) is 9.29. The third-order valence-corrected chi connectivity index (χ3v) is 8.57. The van der Waals surface area contributed by atoms with Gasteiger partial charge in [0.2, 0.25) is 0 Å². The lowest BCUT2D eigenvalue weighted by molar-refractivity contribution is -0.227. The number of ether oxygens (including phenoxy) is 1. The maximum atomic E-state index is 14.0. The van der Waals surface area contributed by atoms with Crippen molar-refractivity contribution < 1.29 is 18.7 Å². The molecule has 0 bridgehead atoms. The molecule has 6 heteroatoms. The predicted octanol–water partition coefficient (Wildman–Crippen LogP) is 1.78. The lowest BCUT2D eigenvalue weighted by atomic mass is 9.99. The maximum Gasteiger partial charge on any atom is 0.192 e. The summed E-state index contributed by atoms with van der Waals surface area (Å²) in [5.74, 6) is 0. The molecule has 5 unspecified atom stereocenters. The van der Waals surface area contributed by atoms with Gasteiger partial charge in [0.05, 0.1) is 18.2 Å². The van der Waals surface area contributed by atoms with Crippen LogP contribution in [-0.2, 0) is 9.16 Å². The van der Waals surface area contributed by atoms with Crippen LogP contribution in [0.25, 0.3) is 0 Å². The van der Waals surface area contributed by atoms with E-state index < -0.39 is 39.0 Å². The number of hydrogen-bond donors (Lipinski definition) is 2. The monoisotopic (exact) mass is 279 g/mol. The minimum Gasteiger partial charge on any atom is -0.409 e. The molecule has 0 aliphatic carbocycles. The van der Waals surface area contributed by atoms with Crippen LogP contribution in [0.2, 0.25) is 18.1 Å². The molecule has 3 N–H and O–H groups in total. The van der Waals surface area contributed by atoms with E-state index in [1.807, 2.05) is 13.1 Å². The van der Waals surface area contributed by atoms with Crippen LogP contribution in [-0.4, -0.2) is 44.1 Å². The average molecular weight is 279 g/mol. The van der Waals surface area contributed by atoms with E-state index in [0.29, 0.717) is 0 Å². The molecule has 1 rings (SSSR count). The van der Waals surface area contributed by atoms with Gasteiger partial charge in [0.15, 0.2) is 20.8 Å². The van der Waals surface area contributed by atoms with Gasteiger partial charge < -0.3 is 20.0 Å². The summed E-state index contributed by atoms with van der Waals surface area (Å²) in [5.41, 5.74) is 5.95. The summed E-state index contributed by atoms with van der Waals surface area (Å²) in [6, 6.07) is -0.558. The SMILES string of the molecule is CC1OC(O)C(F)C(O[Si](C)(C)C(C)(C)C)C1N. The Morgan fingerprint density at radius 2 is 1.83 bits per heavy atom. The van der Waals surface area contributed by atoms with E-state index in [4.69, 9.17) is 14.9 Å². The summed E-state index contributed by atoms with van der Waals surface area (Å²) in [6.45, 7) is 12.0. The van der Waals surface area contributed by atoms with Gasteiger partial charge in [-0.25, -0.2) is 4.39 Å². The Labute approximate surface area is 110 Å². The lowest BCUT2D eigenvalue weighted by Gasteiger charge is -2.45. The molecule has 0 aromatic carbocycles. The summed E-state index contributed by atoms with van der Waals surface area (Å²) >= 11 is 0. The van der Waals surface area contributed by atoms with E-state index >= 15 is 0 Å². The zero-order chi connectivity index (χ0) is 14.3. The standard InChI is InChI=1S/C12H26FNO3Si/c1-7-9(14)10(8(13)11(15)16-7)17-18(5,6)12(2,3)4/h7-11,15H,14H2,1-6H3. The zero-order valence-electron chi connectivity index (χ0n) is 12.1. The highest BCUT2D eigenvalue weighted by Crippen LogP contribution is 2.39. The van der Waals surface area contributed by atoms with E-state index in [9.17, 15) is 9.50 Å². The van der Waals surface area contributed by atoms with Crippen molar-refractivity contribution in [2.75, 3.05) is 0 Å². The zero-order valence-corrected chi connectivity index (χ0v) is 13.1. The highest BCUT2D eigenvalue weighted by atomic mass is 28.4. The number of aliphatic hydroxyl groups excluding tert-OH is 1. The smallest absolute Gasteiger partial charge is 0.192 e. The first-order valence-electron chi connectivity index (χ1n) is 6.38. The molecular formula is C12H26FNO3Si. The van der Waals surface area contributed by atoms with Crippen LogP contribution in [0.15, 0.2) is 0 Å². The van der Waals surface area contributed by atoms with Crippen LogP contribution in [0.3, 0.4) is 0 Å². The summed E-state index contributed by atoms with van der Waals surface area (Å²) in [4.78, 5) is 0. The van der Waals surface area contributed by atoms with Crippen molar-refractivity contribution in [3.63, 3.8) is 0 Å². The third kappa shape index (κ3) is 3.11. The van der Waals surface area contributed by atoms with Crippen molar-refractivity contribution in [3.05, 3.63) is 0 Å². The highest BCUT2D eigenvalue weighted by Gasteiger charge is 2.48. The van der Waals surface area contributed by atoms with Crippen molar-refractivity contribution in [2.45, 2.75) is 76.5 Å². The fourth-order valence-electron chi connectivity index (χ4n) is 1.69. The van der Waals surface area contributed by atoms with Gasteiger partial charge >= 0.3 is 0 Å². The molecule has 0 saturated carbocycles. The fraction of sp³-hybridized carbons (Fsp3) is 1.00. The fourth-order valence-corrected chi connectivity index (χ4v) is 3.01. The maximum absolute atomic E-state index is 14.0. The van der Waals surface area contributed by atoms with Crippen molar-refractivity contribution in [1.29, 1.82) is 0 Å². The van der Waals surface area contributed by atoms with Crippen molar-refractivity contribution >= 4 is 8.32 Å². The quantitative estimate of drug-likeness (QED) is 0.756. The Balaban J connectivity index is 2.87. The Bertz CT molecular complexity index is 282. The van der Waals surface area contributed by atoms with Crippen molar-refractivity contribution in [2.24, 2.45) is 5.73 Å². The number of hydrogen-bond acceptors (Lipinski definition) is 4. The van der Waals surface area contributed by atoms with Gasteiger partial charge in [-0.1, -0.05) is 20.8 Å². The van der Waals surface area contributed by atoms with Gasteiger partial charge in [-0.2, -0.15) is 0 Å². The van der Waals surface area contributed by atoms with Crippen LogP contribution in [0.5, 0.6) is 0 Å². The first kappa shape index (κ1) is 16.0. The molecule has 1 fully saturated rings. The molecule has 0 aromatic rings. The molecule has 108 valence electrons. The minimum atomic E-state index is -2.12. The van der Waals surface area contributed by atoms with Gasteiger partial charge in [0.1, 0.15) is 0 Å². The molecule has 1 aliphatic rings. The second-order valence-electron chi connectivity index (χ2n) is 6.60. The topological polar surface area (TPSA) is 64.7 Å². The first-order chi connectivity index (χ1) is 7.97. The van der Waals surface area contributed by atoms with Crippen LogP contribution in [0, 0.1) is 0 Å². The lowest BCUT2D eigenvalue weighted by Crippen LogP contribution is -2.63. The van der Waals surface area contributed by atoms with Crippen molar-refractivity contribution in [1.82, 2.24) is 0 Å². The highest BCUT2D eigenvalue weighted by molar-refractivity contribution is 6.74. The number of aliphatic hydroxyl groups is 1. The molecule has 1 saturated heterocycles. The van der Waals surface area contributed by atoms with Gasteiger partial charge in [-0.05, 0) is 25.1 Å². The molecule has 0 radical (unpaired) electrons. The molecule has 18 heavy (non-hydrogen) atoms. The summed E-state index contributed by atoms with van der Waals surface area (Å²) in [5, 5.41) is 9.49. The van der Waals surface area contributed by atoms with Crippen molar-refractivity contribution in [3.8, 4) is 0 Å². The van der Waals surface area contributed by atoms with Crippen LogP contribution in [0.4, 0.5) is 4.39 Å². The summed E-state index contributed by atoms with van der Waals surface area (Å²) in [7, 11) is -2.12. The average Bonchev–Trinajstić information content (AvgIpc) is 2.20. The number of rotatable bonds is 2. The summed E-state index contributed by atoms with van der Waals surface area (Å²) in [6.07, 6.45) is -4.26. The van der Waals surface area contributed by atoms with Gasteiger partial charge in [-0.3, -0.25) is 0 Å². The molecule has 0 spiro atoms. The number of nitrogens with two attached hydrogens (primary N) is 1. The summed E-state index contributed by atoms with van der Waals surface area (Å²) < 4.78 is 25.1. The minimum absolute atomic E-state index is 0.0288. The second kappa shape index (κ2) is 5.17. The predicted molar refractivity (Wildman–Crippen MR) is 71.5 cm³/mol. The molecule has 1 aliphatic heterocycles. The Morgan fingerprint density at radius 3 is 2.28 bits per heavy atom. The van der Waals surface area contributed by atoms with E-state index in [1.165, 1.54) is 0 Å². The van der Waals surface area contributed by atoms with Gasteiger partial charge in [-0.15, -0.1) is 0 Å². The number of halogens is 1. The molecule has 1 heterocycles. The van der Waals surface area contributed by atoms with Crippen LogP contribution in [0.1, 0.15) is 27.7 Å². The molecule has 5 atom stereocenters. The Hall–Kier alpha value is -0.0131. The molecular weight excluding hydrogens is 253 g/mol. The Morgan fingerprint density at radius 1 is 1.33 bits per heavy atom. The van der Waals surface area contributed by atoms with Crippen LogP contribution < -0.4 is 5.73 Å². The van der Waals surface area contributed by atoms with Crippen LogP contribution >= 0.6 is 0 Å². The normalized spacial score (nSPS) is 38.8. The second-order valence-corrected chi connectivity index (χ2v) is 11.4. The largest absolute Gasteiger partial charge is 0.409 e. The van der Waals surface area contributed by atoms with Gasteiger partial charge in [0, 0.05) is 0 Å². The molecule has 4 nitrogen and oxygen atoms in total. The Kier molecular flexibility index (Phi) is 4.61. The molecule has 0 amide bonds. The van der Waals surface area contributed by atoms with E-state index in [0.717, 1.165) is 0 Å². The molecule has 0 aromatic heterocycles. The van der Waals surface area contributed by atoms with E-state index in [-0.39, 0.29) is 5.04 Å². The third-order valence-electron chi connectivity index (χ3n) is 4.10.